The van der Waals surface area contributed by atoms with Gasteiger partial charge in [-0.3, -0.25) is 0 Å². The van der Waals surface area contributed by atoms with E-state index in [1.165, 1.54) is 54.9 Å². The highest BCUT2D eigenvalue weighted by atomic mass is 79.9. The van der Waals surface area contributed by atoms with E-state index in [1.807, 2.05) is 0 Å². The summed E-state index contributed by atoms with van der Waals surface area (Å²) in [6.45, 7) is 14.2. The fraction of sp³-hybridized carbons (Fsp3) is 0.571. The van der Waals surface area contributed by atoms with Gasteiger partial charge >= 0.3 is 0 Å². The zero-order chi connectivity index (χ0) is 13.3. The van der Waals surface area contributed by atoms with Crippen LogP contribution in [0.4, 0.5) is 0 Å². The summed E-state index contributed by atoms with van der Waals surface area (Å²) in [6, 6.07) is 5.70. The van der Waals surface area contributed by atoms with Gasteiger partial charge in [0.15, 0.2) is 0 Å². The third kappa shape index (κ3) is 6.87. The maximum atomic E-state index is 8.65. The molecule has 4 heteroatoms. The molecule has 106 valence electrons. The largest absolute Gasteiger partial charge is 1.00 e. The van der Waals surface area contributed by atoms with Crippen LogP contribution in [-0.2, 0) is 0 Å². The van der Waals surface area contributed by atoms with Crippen molar-refractivity contribution in [3.8, 4) is 11.5 Å². The number of halogens is 1. The van der Waals surface area contributed by atoms with Gasteiger partial charge in [-0.15, -0.1) is 0 Å². The zero-order valence-corrected chi connectivity index (χ0v) is 13.4. The molecule has 0 bridgehead atoms. The Morgan fingerprint density at radius 3 is 1.06 bits per heavy atom. The normalized spacial score (nSPS) is 10.0. The third-order valence-electron chi connectivity index (χ3n) is 3.53. The van der Waals surface area contributed by atoms with Crippen LogP contribution in [0.2, 0.25) is 0 Å². The summed E-state index contributed by atoms with van der Waals surface area (Å²) in [5.74, 6) is 0.339. The van der Waals surface area contributed by atoms with Crippen LogP contribution < -0.4 is 17.0 Å². The molecule has 0 unspecified atom stereocenters. The quantitative estimate of drug-likeness (QED) is 0.605. The smallest absolute Gasteiger partial charge is 0.115 e. The minimum Gasteiger partial charge on any atom is -1.00 e. The van der Waals surface area contributed by atoms with E-state index >= 15 is 0 Å². The van der Waals surface area contributed by atoms with Gasteiger partial charge in [0.25, 0.3) is 0 Å². The highest BCUT2D eigenvalue weighted by molar-refractivity contribution is 5.28. The van der Waals surface area contributed by atoms with Gasteiger partial charge in [-0.1, -0.05) is 0 Å². The number of phenolic OH excluding ortho intramolecular Hbond substituents is 2. The topological polar surface area (TPSA) is 40.5 Å². The van der Waals surface area contributed by atoms with Crippen molar-refractivity contribution in [3.05, 3.63) is 24.3 Å². The first-order valence-electron chi connectivity index (χ1n) is 6.36. The van der Waals surface area contributed by atoms with Gasteiger partial charge < -0.3 is 31.7 Å². The second kappa shape index (κ2) is 10.2. The van der Waals surface area contributed by atoms with Crippen LogP contribution in [0.25, 0.3) is 0 Å². The van der Waals surface area contributed by atoms with Crippen molar-refractivity contribution in [2.24, 2.45) is 0 Å². The number of quaternary nitrogens is 1. The Bertz CT molecular complexity index is 259. The Balaban J connectivity index is 0. The predicted molar refractivity (Wildman–Crippen MR) is 72.2 cm³/mol. The van der Waals surface area contributed by atoms with Crippen LogP contribution in [0.3, 0.4) is 0 Å². The monoisotopic (exact) mass is 319 g/mol. The molecule has 0 atom stereocenters. The van der Waals surface area contributed by atoms with Crippen molar-refractivity contribution < 1.29 is 31.7 Å². The van der Waals surface area contributed by atoms with Crippen LogP contribution in [0, 0.1) is 0 Å². The number of hydrogen-bond donors (Lipinski definition) is 2. The molecule has 2 N–H and O–H groups in total. The van der Waals surface area contributed by atoms with Gasteiger partial charge in [0.05, 0.1) is 26.2 Å². The van der Waals surface area contributed by atoms with Crippen LogP contribution in [0.5, 0.6) is 11.5 Å². The molecule has 0 aromatic heterocycles. The van der Waals surface area contributed by atoms with E-state index in [4.69, 9.17) is 10.2 Å². The first-order chi connectivity index (χ1) is 8.03. The van der Waals surface area contributed by atoms with Crippen molar-refractivity contribution >= 4 is 0 Å². The Morgan fingerprint density at radius 1 is 0.722 bits per heavy atom. The molecule has 0 amide bonds. The summed E-state index contributed by atoms with van der Waals surface area (Å²) >= 11 is 0. The number of aromatic hydroxyl groups is 2. The van der Waals surface area contributed by atoms with Crippen molar-refractivity contribution in [2.45, 2.75) is 27.7 Å². The summed E-state index contributed by atoms with van der Waals surface area (Å²) < 4.78 is 1.28. The lowest BCUT2D eigenvalue weighted by Crippen LogP contribution is -3.00. The second-order valence-electron chi connectivity index (χ2n) is 4.12. The number of hydrogen-bond acceptors (Lipinski definition) is 2. The molecule has 18 heavy (non-hydrogen) atoms. The van der Waals surface area contributed by atoms with E-state index < -0.39 is 0 Å². The zero-order valence-electron chi connectivity index (χ0n) is 11.9. The van der Waals surface area contributed by atoms with Crippen LogP contribution in [-0.4, -0.2) is 40.9 Å². The minimum atomic E-state index is 0. The SMILES string of the molecule is CC[N+](CC)(CC)CC.Oc1ccc(O)cc1.[Br-]. The average Bonchev–Trinajstić information content (AvgIpc) is 2.37. The van der Waals surface area contributed by atoms with Gasteiger partial charge in [-0.2, -0.15) is 0 Å². The first kappa shape index (κ1) is 19.6. The number of nitrogens with zero attached hydrogens (tertiary/aromatic N) is 1. The predicted octanol–water partition coefficient (Wildman–Crippen LogP) is -0.0154. The van der Waals surface area contributed by atoms with E-state index in [-0.39, 0.29) is 28.5 Å². The molecule has 0 aliphatic carbocycles. The molecular formula is C14H26BrNO2. The number of phenols is 2. The molecule has 0 aliphatic heterocycles. The van der Waals surface area contributed by atoms with E-state index in [0.717, 1.165) is 0 Å². The molecule has 0 saturated heterocycles. The van der Waals surface area contributed by atoms with Gasteiger partial charge in [-0.25, -0.2) is 0 Å². The summed E-state index contributed by atoms with van der Waals surface area (Å²) in [7, 11) is 0. The Hall–Kier alpha value is -0.740. The summed E-state index contributed by atoms with van der Waals surface area (Å²) in [6.07, 6.45) is 0. The molecule has 0 heterocycles. The van der Waals surface area contributed by atoms with Crippen LogP contribution >= 0.6 is 0 Å². The average molecular weight is 320 g/mol. The van der Waals surface area contributed by atoms with Crippen LogP contribution in [0.1, 0.15) is 27.7 Å². The Kier molecular flexibility index (Phi) is 11.1. The fourth-order valence-corrected chi connectivity index (χ4v) is 1.79. The molecule has 0 aliphatic rings. The van der Waals surface area contributed by atoms with E-state index in [1.54, 1.807) is 0 Å². The molecule has 1 rings (SSSR count). The van der Waals surface area contributed by atoms with Crippen molar-refractivity contribution in [2.75, 3.05) is 26.2 Å². The van der Waals surface area contributed by atoms with Gasteiger partial charge in [0, 0.05) is 0 Å². The van der Waals surface area contributed by atoms with Gasteiger partial charge in [0.2, 0.25) is 0 Å². The Labute approximate surface area is 121 Å². The lowest BCUT2D eigenvalue weighted by molar-refractivity contribution is -0.921. The molecule has 0 saturated carbocycles. The number of benzene rings is 1. The number of rotatable bonds is 4. The summed E-state index contributed by atoms with van der Waals surface area (Å²) in [5.41, 5.74) is 0. The van der Waals surface area contributed by atoms with E-state index in [2.05, 4.69) is 27.7 Å². The minimum absolute atomic E-state index is 0. The fourth-order valence-electron chi connectivity index (χ4n) is 1.79. The maximum Gasteiger partial charge on any atom is 0.115 e. The van der Waals surface area contributed by atoms with Crippen molar-refractivity contribution in [3.63, 3.8) is 0 Å². The maximum absolute atomic E-state index is 8.65. The lowest BCUT2D eigenvalue weighted by Gasteiger charge is -2.34. The second-order valence-corrected chi connectivity index (χ2v) is 4.12. The van der Waals surface area contributed by atoms with Gasteiger partial charge in [-0.05, 0) is 52.0 Å². The molecule has 0 radical (unpaired) electrons. The molecule has 1 aromatic rings. The van der Waals surface area contributed by atoms with Crippen molar-refractivity contribution in [1.82, 2.24) is 0 Å². The Morgan fingerprint density at radius 2 is 0.944 bits per heavy atom. The molecular weight excluding hydrogens is 294 g/mol. The standard InChI is InChI=1S/C8H20N.C6H6O2.BrH/c1-5-9(6-2,7-3)8-4;7-5-1-2-6(8)4-3-5;/h5-8H2,1-4H3;1-4,7-8H;1H/q+1;;/p-1. The highest BCUT2D eigenvalue weighted by Crippen LogP contribution is 2.13. The first-order valence-corrected chi connectivity index (χ1v) is 6.36. The van der Waals surface area contributed by atoms with Crippen LogP contribution in [0.15, 0.2) is 24.3 Å². The van der Waals surface area contributed by atoms with E-state index in [0.29, 0.717) is 0 Å². The summed E-state index contributed by atoms with van der Waals surface area (Å²) in [5, 5.41) is 17.3. The highest BCUT2D eigenvalue weighted by Gasteiger charge is 2.16. The van der Waals surface area contributed by atoms with Crippen molar-refractivity contribution in [1.29, 1.82) is 0 Å². The summed E-state index contributed by atoms with van der Waals surface area (Å²) in [4.78, 5) is 0. The molecule has 0 spiro atoms. The van der Waals surface area contributed by atoms with E-state index in [9.17, 15) is 0 Å². The molecule has 3 nitrogen and oxygen atoms in total. The molecule has 1 aromatic carbocycles. The molecule has 0 fully saturated rings. The third-order valence-corrected chi connectivity index (χ3v) is 3.53. The lowest BCUT2D eigenvalue weighted by atomic mass is 10.3. The van der Waals surface area contributed by atoms with Gasteiger partial charge in [0.1, 0.15) is 11.5 Å².